The maximum absolute atomic E-state index is 12.4. The molecule has 0 bridgehead atoms. The van der Waals surface area contributed by atoms with Crippen molar-refractivity contribution in [2.75, 3.05) is 26.3 Å². The van der Waals surface area contributed by atoms with E-state index >= 15 is 0 Å². The van der Waals surface area contributed by atoms with Crippen molar-refractivity contribution in [2.24, 2.45) is 5.92 Å². The average Bonchev–Trinajstić information content (AvgIpc) is 2.72. The van der Waals surface area contributed by atoms with Crippen LogP contribution in [0.4, 0.5) is 0 Å². The molecule has 1 saturated heterocycles. The number of likely N-dealkylation sites (tertiary alicyclic amines) is 1. The van der Waals surface area contributed by atoms with Crippen LogP contribution in [0, 0.1) is 5.92 Å². The lowest BCUT2D eigenvalue weighted by molar-refractivity contribution is -0.137. The molecule has 1 aliphatic rings. The Hall–Kier alpha value is -1.88. The molecule has 1 fully saturated rings. The maximum Gasteiger partial charge on any atom is 0.225 e. The molecule has 0 aromatic heterocycles. The van der Waals surface area contributed by atoms with Gasteiger partial charge in [-0.05, 0) is 44.1 Å². The molecule has 0 aliphatic carbocycles. The van der Waals surface area contributed by atoms with Crippen molar-refractivity contribution < 1.29 is 14.3 Å². The molecule has 1 aromatic carbocycles. The topological polar surface area (TPSA) is 58.6 Å². The van der Waals surface area contributed by atoms with Crippen molar-refractivity contribution in [3.8, 4) is 0 Å². The van der Waals surface area contributed by atoms with Crippen LogP contribution >= 0.6 is 0 Å². The fraction of sp³-hybridized carbons (Fsp3) is 0.652. The highest BCUT2D eigenvalue weighted by molar-refractivity contribution is 5.79. The van der Waals surface area contributed by atoms with Crippen LogP contribution < -0.4 is 5.32 Å². The minimum absolute atomic E-state index is 0.0939. The molecule has 0 saturated carbocycles. The average molecular weight is 389 g/mol. The van der Waals surface area contributed by atoms with Gasteiger partial charge in [-0.15, -0.1) is 0 Å². The Kier molecular flexibility index (Phi) is 10.0. The minimum Gasteiger partial charge on any atom is -0.381 e. The Bertz CT molecular complexity index is 579. The van der Waals surface area contributed by atoms with E-state index in [1.807, 2.05) is 23.1 Å². The summed E-state index contributed by atoms with van der Waals surface area (Å²) in [6.07, 6.45) is 5.65. The van der Waals surface area contributed by atoms with Gasteiger partial charge in [0, 0.05) is 38.1 Å². The van der Waals surface area contributed by atoms with Gasteiger partial charge in [-0.25, -0.2) is 0 Å². The van der Waals surface area contributed by atoms with Gasteiger partial charge < -0.3 is 15.0 Å². The molecule has 2 rings (SSSR count). The number of hydrogen-bond acceptors (Lipinski definition) is 3. The maximum atomic E-state index is 12.4. The second-order valence-corrected chi connectivity index (χ2v) is 7.63. The van der Waals surface area contributed by atoms with E-state index in [4.69, 9.17) is 4.74 Å². The van der Waals surface area contributed by atoms with Crippen LogP contribution in [-0.4, -0.2) is 49.1 Å². The highest BCUT2D eigenvalue weighted by Crippen LogP contribution is 2.17. The first-order chi connectivity index (χ1) is 13.6. The largest absolute Gasteiger partial charge is 0.381 e. The van der Waals surface area contributed by atoms with Crippen molar-refractivity contribution in [2.45, 2.75) is 64.8 Å². The summed E-state index contributed by atoms with van der Waals surface area (Å²) >= 11 is 0. The van der Waals surface area contributed by atoms with Crippen molar-refractivity contribution >= 4 is 11.8 Å². The van der Waals surface area contributed by atoms with E-state index in [9.17, 15) is 9.59 Å². The monoisotopic (exact) mass is 388 g/mol. The molecule has 5 nitrogen and oxygen atoms in total. The zero-order valence-corrected chi connectivity index (χ0v) is 17.5. The van der Waals surface area contributed by atoms with E-state index in [2.05, 4.69) is 31.3 Å². The molecular weight excluding hydrogens is 352 g/mol. The first-order valence-corrected chi connectivity index (χ1v) is 10.8. The molecule has 0 atom stereocenters. The van der Waals surface area contributed by atoms with Crippen molar-refractivity contribution in [1.29, 1.82) is 0 Å². The minimum atomic E-state index is 0.0939. The standard InChI is InChI=1S/C23H36N2O3/c1-3-20(4-2)23(27)25-15-12-21(13-16-25)24-22(26)11-8-17-28-18-14-19-9-6-5-7-10-19/h5-7,9-10,20-21H,3-4,8,11-18H2,1-2H3,(H,24,26). The summed E-state index contributed by atoms with van der Waals surface area (Å²) in [5.74, 6) is 0.520. The Morgan fingerprint density at radius 3 is 2.43 bits per heavy atom. The van der Waals surface area contributed by atoms with Gasteiger partial charge in [0.25, 0.3) is 0 Å². The zero-order valence-electron chi connectivity index (χ0n) is 17.5. The number of ether oxygens (including phenoxy) is 1. The quantitative estimate of drug-likeness (QED) is 0.590. The van der Waals surface area contributed by atoms with E-state index in [1.54, 1.807) is 0 Å². The Morgan fingerprint density at radius 1 is 1.11 bits per heavy atom. The third-order valence-electron chi connectivity index (χ3n) is 5.58. The molecule has 1 N–H and O–H groups in total. The highest BCUT2D eigenvalue weighted by atomic mass is 16.5. The number of rotatable bonds is 11. The van der Waals surface area contributed by atoms with Crippen LogP contribution in [0.1, 0.15) is 57.9 Å². The van der Waals surface area contributed by atoms with E-state index in [0.29, 0.717) is 19.6 Å². The highest BCUT2D eigenvalue weighted by Gasteiger charge is 2.26. The lowest BCUT2D eigenvalue weighted by atomic mass is 9.98. The van der Waals surface area contributed by atoms with E-state index in [-0.39, 0.29) is 23.8 Å². The van der Waals surface area contributed by atoms with Gasteiger partial charge in [-0.3, -0.25) is 9.59 Å². The van der Waals surface area contributed by atoms with Crippen LogP contribution in [0.15, 0.2) is 30.3 Å². The summed E-state index contributed by atoms with van der Waals surface area (Å²) in [4.78, 5) is 26.5. The number of benzene rings is 1. The first kappa shape index (κ1) is 22.4. The normalized spacial score (nSPS) is 15.0. The van der Waals surface area contributed by atoms with Crippen LogP contribution in [-0.2, 0) is 20.7 Å². The Morgan fingerprint density at radius 2 is 1.79 bits per heavy atom. The number of carbonyl (C=O) groups is 2. The lowest BCUT2D eigenvalue weighted by Crippen LogP contribution is -2.48. The lowest BCUT2D eigenvalue weighted by Gasteiger charge is -2.34. The Labute approximate surface area is 169 Å². The van der Waals surface area contributed by atoms with E-state index < -0.39 is 0 Å². The van der Waals surface area contributed by atoms with Crippen LogP contribution in [0.3, 0.4) is 0 Å². The predicted octanol–water partition coefficient (Wildman–Crippen LogP) is 3.57. The molecule has 28 heavy (non-hydrogen) atoms. The van der Waals surface area contributed by atoms with Gasteiger partial charge in [0.05, 0.1) is 6.61 Å². The molecule has 0 radical (unpaired) electrons. The number of amides is 2. The Balaban J connectivity index is 1.53. The number of carbonyl (C=O) groups excluding carboxylic acids is 2. The summed E-state index contributed by atoms with van der Waals surface area (Å²) in [6, 6.07) is 10.5. The fourth-order valence-corrected chi connectivity index (χ4v) is 3.71. The van der Waals surface area contributed by atoms with Crippen LogP contribution in [0.2, 0.25) is 0 Å². The molecule has 5 heteroatoms. The fourth-order valence-electron chi connectivity index (χ4n) is 3.71. The number of nitrogens with zero attached hydrogens (tertiary/aromatic N) is 1. The summed E-state index contributed by atoms with van der Waals surface area (Å²) in [6.45, 7) is 6.96. The summed E-state index contributed by atoms with van der Waals surface area (Å²) in [5.41, 5.74) is 1.27. The molecule has 2 amide bonds. The van der Waals surface area contributed by atoms with E-state index in [1.165, 1.54) is 5.56 Å². The summed E-state index contributed by atoms with van der Waals surface area (Å²) in [7, 11) is 0. The molecule has 0 unspecified atom stereocenters. The van der Waals surface area contributed by atoms with Crippen LogP contribution in [0.25, 0.3) is 0 Å². The summed E-state index contributed by atoms with van der Waals surface area (Å²) < 4.78 is 5.64. The van der Waals surface area contributed by atoms with Gasteiger partial charge >= 0.3 is 0 Å². The molecule has 0 spiro atoms. The van der Waals surface area contributed by atoms with Gasteiger partial charge in [0.1, 0.15) is 0 Å². The number of hydrogen-bond donors (Lipinski definition) is 1. The molecule has 1 heterocycles. The van der Waals surface area contributed by atoms with Gasteiger partial charge in [-0.1, -0.05) is 44.2 Å². The van der Waals surface area contributed by atoms with E-state index in [0.717, 1.165) is 51.6 Å². The molecular formula is C23H36N2O3. The van der Waals surface area contributed by atoms with Crippen molar-refractivity contribution in [1.82, 2.24) is 10.2 Å². The molecule has 1 aromatic rings. The summed E-state index contributed by atoms with van der Waals surface area (Å²) in [5, 5.41) is 3.12. The zero-order chi connectivity index (χ0) is 20.2. The smallest absolute Gasteiger partial charge is 0.225 e. The van der Waals surface area contributed by atoms with Crippen LogP contribution in [0.5, 0.6) is 0 Å². The number of nitrogens with one attached hydrogen (secondary N) is 1. The SMILES string of the molecule is CCC(CC)C(=O)N1CCC(NC(=O)CCCOCCc2ccccc2)CC1. The number of piperidine rings is 1. The second kappa shape index (κ2) is 12.6. The van der Waals surface area contributed by atoms with Crippen molar-refractivity contribution in [3.05, 3.63) is 35.9 Å². The second-order valence-electron chi connectivity index (χ2n) is 7.63. The third kappa shape index (κ3) is 7.63. The van der Waals surface area contributed by atoms with Crippen molar-refractivity contribution in [3.63, 3.8) is 0 Å². The van der Waals surface area contributed by atoms with Gasteiger partial charge in [0.2, 0.25) is 11.8 Å². The molecule has 156 valence electrons. The van der Waals surface area contributed by atoms with Gasteiger partial charge in [0.15, 0.2) is 0 Å². The predicted molar refractivity (Wildman–Crippen MR) is 112 cm³/mol. The third-order valence-corrected chi connectivity index (χ3v) is 5.58. The first-order valence-electron chi connectivity index (χ1n) is 10.8. The van der Waals surface area contributed by atoms with Gasteiger partial charge in [-0.2, -0.15) is 0 Å². The molecule has 1 aliphatic heterocycles.